The summed E-state index contributed by atoms with van der Waals surface area (Å²) in [5.41, 5.74) is 3.06. The van der Waals surface area contributed by atoms with E-state index in [9.17, 15) is 4.79 Å². The van der Waals surface area contributed by atoms with Crippen molar-refractivity contribution < 1.29 is 9.53 Å². The number of fused-ring (bicyclic) bond motifs is 2. The van der Waals surface area contributed by atoms with E-state index in [-0.39, 0.29) is 0 Å². The number of halogens is 1. The van der Waals surface area contributed by atoms with Crippen LogP contribution in [0.4, 0.5) is 0 Å². The molecule has 0 amide bonds. The molecule has 0 aromatic rings. The molecule has 17 heavy (non-hydrogen) atoms. The van der Waals surface area contributed by atoms with Crippen molar-refractivity contribution in [2.75, 3.05) is 7.11 Å². The van der Waals surface area contributed by atoms with E-state index < -0.39 is 11.3 Å². The molecule has 0 fully saturated rings. The minimum atomic E-state index is -0.748. The summed E-state index contributed by atoms with van der Waals surface area (Å²) in [6, 6.07) is 0. The van der Waals surface area contributed by atoms with Crippen LogP contribution < -0.4 is 0 Å². The Labute approximate surface area is 106 Å². The Morgan fingerprint density at radius 3 is 2.82 bits per heavy atom. The van der Waals surface area contributed by atoms with Crippen LogP contribution in [0.2, 0.25) is 0 Å². The van der Waals surface area contributed by atoms with Gasteiger partial charge in [0.15, 0.2) is 5.38 Å². The summed E-state index contributed by atoms with van der Waals surface area (Å²) in [5.74, 6) is -0.423. The quantitative estimate of drug-likeness (QED) is 0.555. The lowest BCUT2D eigenvalue weighted by atomic mass is 9.97. The van der Waals surface area contributed by atoms with Gasteiger partial charge >= 0.3 is 5.97 Å². The third-order valence-electron chi connectivity index (χ3n) is 2.75. The highest BCUT2D eigenvalue weighted by Crippen LogP contribution is 2.30. The molecule has 0 N–H and O–H groups in total. The van der Waals surface area contributed by atoms with Gasteiger partial charge in [0.2, 0.25) is 0 Å². The number of rotatable bonds is 2. The molecule has 2 rings (SSSR count). The molecule has 0 radical (unpaired) electrons. The predicted molar refractivity (Wildman–Crippen MR) is 68.8 cm³/mol. The Bertz CT molecular complexity index is 478. The molecule has 2 aliphatic rings. The minimum absolute atomic E-state index is 0.423. The molecule has 0 aliphatic heterocycles. The Kier molecular flexibility index (Phi) is 3.64. The lowest BCUT2D eigenvalue weighted by Gasteiger charge is -2.14. The maximum Gasteiger partial charge on any atom is 0.328 e. The van der Waals surface area contributed by atoms with E-state index in [2.05, 4.69) is 10.8 Å². The molecule has 0 saturated heterocycles. The van der Waals surface area contributed by atoms with E-state index in [4.69, 9.17) is 11.6 Å². The zero-order valence-electron chi connectivity index (χ0n) is 9.52. The Morgan fingerprint density at radius 2 is 2.06 bits per heavy atom. The van der Waals surface area contributed by atoms with Gasteiger partial charge in [-0.1, -0.05) is 42.5 Å². The van der Waals surface area contributed by atoms with Crippen LogP contribution in [-0.4, -0.2) is 18.5 Å². The van der Waals surface area contributed by atoms with Crippen molar-refractivity contribution in [3.8, 4) is 0 Å². The number of carbonyl (C=O) groups is 1. The first-order chi connectivity index (χ1) is 8.22. The second-order valence-electron chi connectivity index (χ2n) is 3.86. The summed E-state index contributed by atoms with van der Waals surface area (Å²) in [5, 5.41) is -0.748. The van der Waals surface area contributed by atoms with Crippen LogP contribution in [0.15, 0.2) is 59.3 Å². The number of allylic oxidation sites excluding steroid dienone is 9. The minimum Gasteiger partial charge on any atom is -0.468 e. The number of esters is 1. The molecule has 0 heterocycles. The van der Waals surface area contributed by atoms with Gasteiger partial charge in [0.1, 0.15) is 0 Å². The molecule has 0 spiro atoms. The van der Waals surface area contributed by atoms with E-state index in [1.807, 2.05) is 36.5 Å². The smallest absolute Gasteiger partial charge is 0.328 e. The molecule has 2 bridgehead atoms. The van der Waals surface area contributed by atoms with Crippen LogP contribution in [0.25, 0.3) is 0 Å². The molecular formula is C14H13ClO2. The van der Waals surface area contributed by atoms with Crippen LogP contribution in [0.1, 0.15) is 6.42 Å². The largest absolute Gasteiger partial charge is 0.468 e. The Morgan fingerprint density at radius 1 is 1.29 bits per heavy atom. The second-order valence-corrected chi connectivity index (χ2v) is 4.30. The number of ether oxygens (including phenoxy) is 1. The molecule has 0 aromatic carbocycles. The summed E-state index contributed by atoms with van der Waals surface area (Å²) in [4.78, 5) is 11.5. The molecule has 3 heteroatoms. The van der Waals surface area contributed by atoms with E-state index in [0.717, 1.165) is 17.6 Å². The van der Waals surface area contributed by atoms with Gasteiger partial charge in [0.05, 0.1) is 7.11 Å². The molecule has 0 aromatic heterocycles. The molecule has 88 valence electrons. The summed E-state index contributed by atoms with van der Waals surface area (Å²) in [6.07, 6.45) is 14.6. The number of methoxy groups -OCH3 is 1. The standard InChI is InChI=1S/C14H13ClO2/c1-17-14(16)13(15)12-8-4-6-10-5-2-3-7-11(12)9-10/h2-8,13H,9H2,1H3. The number of carbonyl (C=O) groups excluding carboxylic acids is 1. The van der Waals surface area contributed by atoms with Crippen LogP contribution in [0, 0.1) is 0 Å². The maximum atomic E-state index is 11.5. The number of hydrogen-bond donors (Lipinski definition) is 0. The van der Waals surface area contributed by atoms with Crippen molar-refractivity contribution >= 4 is 17.6 Å². The first-order valence-electron chi connectivity index (χ1n) is 5.39. The van der Waals surface area contributed by atoms with Crippen molar-refractivity contribution in [2.24, 2.45) is 0 Å². The Hall–Kier alpha value is -1.54. The van der Waals surface area contributed by atoms with Gasteiger partial charge in [-0.05, 0) is 23.1 Å². The predicted octanol–water partition coefficient (Wildman–Crippen LogP) is 3.08. The fourth-order valence-electron chi connectivity index (χ4n) is 1.86. The molecule has 0 saturated carbocycles. The van der Waals surface area contributed by atoms with Crippen molar-refractivity contribution in [2.45, 2.75) is 11.8 Å². The van der Waals surface area contributed by atoms with E-state index >= 15 is 0 Å². The summed E-state index contributed by atoms with van der Waals surface area (Å²) in [7, 11) is 1.34. The lowest BCUT2D eigenvalue weighted by molar-refractivity contribution is -0.139. The second kappa shape index (κ2) is 5.19. The van der Waals surface area contributed by atoms with Gasteiger partial charge in [-0.2, -0.15) is 0 Å². The van der Waals surface area contributed by atoms with Crippen LogP contribution in [-0.2, 0) is 9.53 Å². The fraction of sp³-hybridized carbons (Fsp3) is 0.214. The maximum absolute atomic E-state index is 11.5. The molecular weight excluding hydrogens is 236 g/mol. The number of hydrogen-bond acceptors (Lipinski definition) is 2. The highest BCUT2D eigenvalue weighted by atomic mass is 35.5. The van der Waals surface area contributed by atoms with Crippen molar-refractivity contribution in [1.82, 2.24) is 0 Å². The van der Waals surface area contributed by atoms with Gasteiger partial charge in [0.25, 0.3) is 0 Å². The van der Waals surface area contributed by atoms with E-state index in [1.54, 1.807) is 0 Å². The lowest BCUT2D eigenvalue weighted by Crippen LogP contribution is -2.19. The highest BCUT2D eigenvalue weighted by molar-refractivity contribution is 6.32. The van der Waals surface area contributed by atoms with Crippen LogP contribution in [0.5, 0.6) is 0 Å². The molecule has 1 unspecified atom stereocenters. The van der Waals surface area contributed by atoms with Crippen LogP contribution >= 0.6 is 11.6 Å². The number of alkyl halides is 1. The Balaban J connectivity index is 2.35. The first kappa shape index (κ1) is 11.9. The molecule has 1 atom stereocenters. The SMILES string of the molecule is COC(=O)C(Cl)C1=CC=CC2=CC=CC=C1C2. The highest BCUT2D eigenvalue weighted by Gasteiger charge is 2.24. The summed E-state index contributed by atoms with van der Waals surface area (Å²) in [6.45, 7) is 0. The topological polar surface area (TPSA) is 26.3 Å². The average Bonchev–Trinajstić information content (AvgIpc) is 2.70. The fourth-order valence-corrected chi connectivity index (χ4v) is 2.16. The summed E-state index contributed by atoms with van der Waals surface area (Å²) < 4.78 is 4.68. The van der Waals surface area contributed by atoms with Crippen LogP contribution in [0.3, 0.4) is 0 Å². The monoisotopic (exact) mass is 248 g/mol. The molecule has 2 aliphatic carbocycles. The van der Waals surface area contributed by atoms with Gasteiger partial charge < -0.3 is 4.74 Å². The normalized spacial score (nSPS) is 19.5. The third-order valence-corrected chi connectivity index (χ3v) is 3.16. The zero-order valence-corrected chi connectivity index (χ0v) is 10.3. The van der Waals surface area contributed by atoms with Gasteiger partial charge in [0, 0.05) is 0 Å². The van der Waals surface area contributed by atoms with Crippen molar-refractivity contribution in [3.05, 3.63) is 59.3 Å². The van der Waals surface area contributed by atoms with Gasteiger partial charge in [-0.15, -0.1) is 11.6 Å². The molecule has 2 nitrogen and oxygen atoms in total. The third kappa shape index (κ3) is 2.59. The van der Waals surface area contributed by atoms with Crippen molar-refractivity contribution in [3.63, 3.8) is 0 Å². The van der Waals surface area contributed by atoms with Gasteiger partial charge in [-0.25, -0.2) is 0 Å². The van der Waals surface area contributed by atoms with Gasteiger partial charge in [-0.3, -0.25) is 4.79 Å². The first-order valence-corrected chi connectivity index (χ1v) is 5.83. The van der Waals surface area contributed by atoms with E-state index in [0.29, 0.717) is 0 Å². The zero-order chi connectivity index (χ0) is 12.3. The average molecular weight is 249 g/mol. The van der Waals surface area contributed by atoms with E-state index in [1.165, 1.54) is 12.7 Å². The van der Waals surface area contributed by atoms with Crippen molar-refractivity contribution in [1.29, 1.82) is 0 Å². The summed E-state index contributed by atoms with van der Waals surface area (Å²) >= 11 is 6.12.